The van der Waals surface area contributed by atoms with E-state index in [2.05, 4.69) is 11.9 Å². The van der Waals surface area contributed by atoms with Gasteiger partial charge in [-0.05, 0) is 42.3 Å². The van der Waals surface area contributed by atoms with Gasteiger partial charge in [-0.2, -0.15) is 0 Å². The van der Waals surface area contributed by atoms with Crippen molar-refractivity contribution in [2.45, 2.75) is 19.8 Å². The lowest BCUT2D eigenvalue weighted by Gasteiger charge is -2.05. The van der Waals surface area contributed by atoms with Gasteiger partial charge in [-0.15, -0.1) is 0 Å². The van der Waals surface area contributed by atoms with E-state index in [1.807, 2.05) is 0 Å². The molecule has 0 saturated heterocycles. The SMILES string of the molecule is CCCCOc1ccc(C2=N/C(=C\c3cccc([N+](=O)[O-])c3)C(=O)O2)cc1. The van der Waals surface area contributed by atoms with Gasteiger partial charge in [-0.1, -0.05) is 25.5 Å². The molecule has 138 valence electrons. The molecule has 0 atom stereocenters. The van der Waals surface area contributed by atoms with E-state index in [-0.39, 0.29) is 17.3 Å². The summed E-state index contributed by atoms with van der Waals surface area (Å²) in [5.74, 6) is 0.334. The molecule has 7 nitrogen and oxygen atoms in total. The summed E-state index contributed by atoms with van der Waals surface area (Å²) in [5.41, 5.74) is 1.18. The van der Waals surface area contributed by atoms with Crippen LogP contribution in [-0.4, -0.2) is 23.4 Å². The Kier molecular flexibility index (Phi) is 5.61. The summed E-state index contributed by atoms with van der Waals surface area (Å²) in [6.45, 7) is 2.75. The van der Waals surface area contributed by atoms with Gasteiger partial charge in [-0.3, -0.25) is 10.1 Å². The topological polar surface area (TPSA) is 91.0 Å². The van der Waals surface area contributed by atoms with E-state index in [1.54, 1.807) is 36.4 Å². The molecule has 0 unspecified atom stereocenters. The fraction of sp³-hybridized carbons (Fsp3) is 0.200. The summed E-state index contributed by atoms with van der Waals surface area (Å²) in [6, 6.07) is 13.1. The Morgan fingerprint density at radius 2 is 2.00 bits per heavy atom. The normalized spacial score (nSPS) is 14.8. The number of cyclic esters (lactones) is 1. The second-order valence-electron chi connectivity index (χ2n) is 5.91. The van der Waals surface area contributed by atoms with Crippen LogP contribution in [0.1, 0.15) is 30.9 Å². The second-order valence-corrected chi connectivity index (χ2v) is 5.91. The molecule has 0 saturated carbocycles. The van der Waals surface area contributed by atoms with Crippen LogP contribution in [0.25, 0.3) is 6.08 Å². The minimum atomic E-state index is -0.597. The van der Waals surface area contributed by atoms with Crippen LogP contribution < -0.4 is 4.74 Å². The molecule has 1 aliphatic heterocycles. The predicted octanol–water partition coefficient (Wildman–Crippen LogP) is 4.12. The van der Waals surface area contributed by atoms with E-state index in [0.717, 1.165) is 18.6 Å². The van der Waals surface area contributed by atoms with Crippen molar-refractivity contribution in [3.8, 4) is 5.75 Å². The van der Waals surface area contributed by atoms with Gasteiger partial charge in [0.05, 0.1) is 11.5 Å². The number of rotatable bonds is 7. The number of aliphatic imine (C=N–C) groups is 1. The van der Waals surface area contributed by atoms with Gasteiger partial charge in [0.2, 0.25) is 5.90 Å². The third-order valence-electron chi connectivity index (χ3n) is 3.87. The molecule has 0 N–H and O–H groups in total. The smallest absolute Gasteiger partial charge is 0.363 e. The molecular formula is C20H18N2O5. The molecule has 27 heavy (non-hydrogen) atoms. The third-order valence-corrected chi connectivity index (χ3v) is 3.87. The van der Waals surface area contributed by atoms with Crippen molar-refractivity contribution in [2.75, 3.05) is 6.61 Å². The van der Waals surface area contributed by atoms with Gasteiger partial charge in [0.25, 0.3) is 5.69 Å². The summed E-state index contributed by atoms with van der Waals surface area (Å²) in [6.07, 6.45) is 3.51. The Balaban J connectivity index is 1.77. The number of benzene rings is 2. The van der Waals surface area contributed by atoms with Crippen LogP contribution in [0, 0.1) is 10.1 Å². The van der Waals surface area contributed by atoms with Crippen LogP contribution in [0.2, 0.25) is 0 Å². The number of nitro groups is 1. The van der Waals surface area contributed by atoms with Crippen molar-refractivity contribution in [3.63, 3.8) is 0 Å². The number of carbonyl (C=O) groups excluding carboxylic acids is 1. The summed E-state index contributed by atoms with van der Waals surface area (Å²) in [4.78, 5) is 26.6. The number of carbonyl (C=O) groups is 1. The van der Waals surface area contributed by atoms with Gasteiger partial charge in [0.1, 0.15) is 5.75 Å². The largest absolute Gasteiger partial charge is 0.494 e. The van der Waals surface area contributed by atoms with Crippen LogP contribution in [0.3, 0.4) is 0 Å². The molecule has 0 spiro atoms. The molecule has 2 aromatic carbocycles. The highest BCUT2D eigenvalue weighted by Gasteiger charge is 2.24. The van der Waals surface area contributed by atoms with E-state index < -0.39 is 10.9 Å². The highest BCUT2D eigenvalue weighted by atomic mass is 16.6. The fourth-order valence-electron chi connectivity index (χ4n) is 2.45. The van der Waals surface area contributed by atoms with E-state index in [9.17, 15) is 14.9 Å². The van der Waals surface area contributed by atoms with Crippen molar-refractivity contribution in [1.82, 2.24) is 0 Å². The summed E-state index contributed by atoms with van der Waals surface area (Å²) >= 11 is 0. The van der Waals surface area contributed by atoms with E-state index >= 15 is 0 Å². The Morgan fingerprint density at radius 1 is 1.22 bits per heavy atom. The molecule has 0 radical (unpaired) electrons. The predicted molar refractivity (Wildman–Crippen MR) is 101 cm³/mol. The molecule has 0 amide bonds. The molecule has 0 bridgehead atoms. The molecule has 0 fully saturated rings. The maximum Gasteiger partial charge on any atom is 0.363 e. The maximum absolute atomic E-state index is 12.1. The maximum atomic E-state index is 12.1. The Hall–Kier alpha value is -3.48. The van der Waals surface area contributed by atoms with Crippen molar-refractivity contribution in [1.29, 1.82) is 0 Å². The highest BCUT2D eigenvalue weighted by Crippen LogP contribution is 2.22. The Labute approximate surface area is 156 Å². The van der Waals surface area contributed by atoms with Crippen LogP contribution in [-0.2, 0) is 9.53 Å². The molecule has 0 aliphatic carbocycles. The molecular weight excluding hydrogens is 348 g/mol. The van der Waals surface area contributed by atoms with Crippen LogP contribution in [0.4, 0.5) is 5.69 Å². The van der Waals surface area contributed by atoms with Crippen LogP contribution >= 0.6 is 0 Å². The zero-order chi connectivity index (χ0) is 19.2. The van der Waals surface area contributed by atoms with Crippen molar-refractivity contribution in [2.24, 2.45) is 4.99 Å². The second kappa shape index (κ2) is 8.27. The zero-order valence-electron chi connectivity index (χ0n) is 14.8. The standard InChI is InChI=1S/C20H18N2O5/c1-2-3-11-26-17-9-7-15(8-10-17)19-21-18(20(23)27-19)13-14-5-4-6-16(12-14)22(24)25/h4-10,12-13H,2-3,11H2,1H3/b18-13-. The minimum Gasteiger partial charge on any atom is -0.494 e. The van der Waals surface area contributed by atoms with Crippen molar-refractivity contribution < 1.29 is 19.2 Å². The van der Waals surface area contributed by atoms with Crippen LogP contribution in [0.15, 0.2) is 59.2 Å². The number of hydrogen-bond acceptors (Lipinski definition) is 6. The van der Waals surface area contributed by atoms with Gasteiger partial charge in [-0.25, -0.2) is 9.79 Å². The molecule has 3 rings (SSSR count). The summed E-state index contributed by atoms with van der Waals surface area (Å²) in [7, 11) is 0. The summed E-state index contributed by atoms with van der Waals surface area (Å²) in [5, 5.41) is 10.9. The summed E-state index contributed by atoms with van der Waals surface area (Å²) < 4.78 is 10.8. The highest BCUT2D eigenvalue weighted by molar-refractivity contribution is 6.12. The van der Waals surface area contributed by atoms with E-state index in [4.69, 9.17) is 9.47 Å². The van der Waals surface area contributed by atoms with E-state index in [0.29, 0.717) is 17.7 Å². The number of esters is 1. The number of nitrogens with zero attached hydrogens (tertiary/aromatic N) is 2. The fourth-order valence-corrected chi connectivity index (χ4v) is 2.45. The molecule has 1 heterocycles. The molecule has 1 aliphatic rings. The lowest BCUT2D eigenvalue weighted by molar-refractivity contribution is -0.384. The first-order valence-electron chi connectivity index (χ1n) is 8.57. The lowest BCUT2D eigenvalue weighted by Crippen LogP contribution is -2.05. The quantitative estimate of drug-likeness (QED) is 0.242. The number of non-ortho nitro benzene ring substituents is 1. The Bertz CT molecular complexity index is 916. The van der Waals surface area contributed by atoms with Gasteiger partial charge < -0.3 is 9.47 Å². The average molecular weight is 366 g/mol. The first kappa shape index (κ1) is 18.3. The van der Waals surface area contributed by atoms with E-state index in [1.165, 1.54) is 18.2 Å². The first-order chi connectivity index (χ1) is 13.1. The first-order valence-corrected chi connectivity index (χ1v) is 8.57. The van der Waals surface area contributed by atoms with Gasteiger partial charge in [0.15, 0.2) is 5.70 Å². The minimum absolute atomic E-state index is 0.0569. The number of unbranched alkanes of at least 4 members (excludes halogenated alkanes) is 1. The van der Waals surface area contributed by atoms with Crippen molar-refractivity contribution >= 4 is 23.6 Å². The lowest BCUT2D eigenvalue weighted by atomic mass is 10.1. The monoisotopic (exact) mass is 366 g/mol. The molecule has 2 aromatic rings. The Morgan fingerprint density at radius 3 is 2.70 bits per heavy atom. The van der Waals surface area contributed by atoms with Gasteiger partial charge in [0, 0.05) is 17.7 Å². The van der Waals surface area contributed by atoms with Gasteiger partial charge >= 0.3 is 5.97 Å². The number of ether oxygens (including phenoxy) is 2. The average Bonchev–Trinajstić information content (AvgIpc) is 3.03. The zero-order valence-corrected chi connectivity index (χ0v) is 14.8. The molecule has 0 aromatic heterocycles. The number of hydrogen-bond donors (Lipinski definition) is 0. The number of nitro benzene ring substituents is 1. The van der Waals surface area contributed by atoms with Crippen molar-refractivity contribution in [3.05, 3.63) is 75.5 Å². The third kappa shape index (κ3) is 4.58. The molecule has 7 heteroatoms. The van der Waals surface area contributed by atoms with Crippen LogP contribution in [0.5, 0.6) is 5.75 Å².